The summed E-state index contributed by atoms with van der Waals surface area (Å²) in [6, 6.07) is 11.1. The molecule has 0 radical (unpaired) electrons. The average Bonchev–Trinajstić information content (AvgIpc) is 3.00. The van der Waals surface area contributed by atoms with Gasteiger partial charge in [-0.3, -0.25) is 15.2 Å². The Morgan fingerprint density at radius 1 is 1.03 bits per heavy atom. The highest BCUT2D eigenvalue weighted by atomic mass is 35.5. The number of rotatable bonds is 4. The summed E-state index contributed by atoms with van der Waals surface area (Å²) in [6.07, 6.45) is 4.89. The number of halogens is 3. The quantitative estimate of drug-likeness (QED) is 0.685. The molecule has 1 N–H and O–H groups in total. The summed E-state index contributed by atoms with van der Waals surface area (Å²) < 4.78 is 13.5. The number of nitrogens with one attached hydrogen (secondary N) is 1. The molecule has 0 aliphatic carbocycles. The van der Waals surface area contributed by atoms with Crippen molar-refractivity contribution >= 4 is 40.5 Å². The molecule has 2 aliphatic heterocycles. The molecule has 1 atom stereocenters. The Labute approximate surface area is 185 Å². The van der Waals surface area contributed by atoms with Gasteiger partial charge in [-0.15, -0.1) is 0 Å². The standard InChI is InChI=1S/C22H23Cl2FN4O/c23-16-7-10-20(18(24)13-16)29-21(15-5-8-17(25)9-6-15)14-19(26-29)22(30)27-28-11-3-1-2-4-12-28/h5-10,13,21H,1-4,11-12,14H2,(H,27,30). The molecule has 8 heteroatoms. The maximum atomic E-state index is 13.5. The second kappa shape index (κ2) is 9.33. The molecule has 2 aliphatic rings. The first-order chi connectivity index (χ1) is 14.5. The number of carbonyl (C=O) groups is 1. The van der Waals surface area contributed by atoms with Crippen LogP contribution in [0.4, 0.5) is 10.1 Å². The van der Waals surface area contributed by atoms with Crippen molar-refractivity contribution in [2.45, 2.75) is 38.1 Å². The van der Waals surface area contributed by atoms with E-state index in [-0.39, 0.29) is 17.8 Å². The molecule has 2 aromatic carbocycles. The predicted molar refractivity (Wildman–Crippen MR) is 118 cm³/mol. The predicted octanol–water partition coefficient (Wildman–Crippen LogP) is 5.35. The molecule has 1 unspecified atom stereocenters. The van der Waals surface area contributed by atoms with Crippen molar-refractivity contribution in [3.8, 4) is 0 Å². The van der Waals surface area contributed by atoms with E-state index in [0.29, 0.717) is 27.9 Å². The second-order valence-corrected chi connectivity index (χ2v) is 8.44. The van der Waals surface area contributed by atoms with Crippen molar-refractivity contribution in [1.82, 2.24) is 10.4 Å². The Hall–Kier alpha value is -2.15. The Balaban J connectivity index is 1.61. The summed E-state index contributed by atoms with van der Waals surface area (Å²) in [6.45, 7) is 1.68. The molecular formula is C22H23Cl2FN4O. The topological polar surface area (TPSA) is 47.9 Å². The minimum atomic E-state index is -0.312. The van der Waals surface area contributed by atoms with E-state index in [1.807, 2.05) is 5.01 Å². The zero-order valence-corrected chi connectivity index (χ0v) is 18.0. The zero-order valence-electron chi connectivity index (χ0n) is 16.5. The van der Waals surface area contributed by atoms with Gasteiger partial charge in [-0.1, -0.05) is 48.2 Å². The smallest absolute Gasteiger partial charge is 0.281 e. The first-order valence-corrected chi connectivity index (χ1v) is 10.9. The van der Waals surface area contributed by atoms with E-state index in [4.69, 9.17) is 23.2 Å². The molecular weight excluding hydrogens is 426 g/mol. The number of anilines is 1. The summed E-state index contributed by atoms with van der Waals surface area (Å²) in [5, 5.41) is 9.26. The molecule has 30 heavy (non-hydrogen) atoms. The molecule has 1 saturated heterocycles. The summed E-state index contributed by atoms with van der Waals surface area (Å²) in [4.78, 5) is 12.9. The fraction of sp³-hybridized carbons (Fsp3) is 0.364. The van der Waals surface area contributed by atoms with E-state index < -0.39 is 0 Å². The second-order valence-electron chi connectivity index (χ2n) is 7.60. The van der Waals surface area contributed by atoms with Crippen LogP contribution < -0.4 is 10.4 Å². The third kappa shape index (κ3) is 4.77. The van der Waals surface area contributed by atoms with E-state index in [9.17, 15) is 9.18 Å². The van der Waals surface area contributed by atoms with Crippen LogP contribution in [0.1, 0.15) is 43.7 Å². The van der Waals surface area contributed by atoms with Crippen LogP contribution in [-0.4, -0.2) is 29.7 Å². The van der Waals surface area contributed by atoms with Crippen LogP contribution in [0.2, 0.25) is 10.0 Å². The van der Waals surface area contributed by atoms with Gasteiger partial charge in [0.15, 0.2) is 0 Å². The average molecular weight is 449 g/mol. The number of nitrogens with zero attached hydrogens (tertiary/aromatic N) is 3. The number of amides is 1. The van der Waals surface area contributed by atoms with Gasteiger partial charge >= 0.3 is 0 Å². The maximum absolute atomic E-state index is 13.5. The molecule has 4 rings (SSSR count). The van der Waals surface area contributed by atoms with Gasteiger partial charge in [0.2, 0.25) is 0 Å². The van der Waals surface area contributed by atoms with Crippen LogP contribution >= 0.6 is 23.2 Å². The zero-order chi connectivity index (χ0) is 21.1. The third-order valence-electron chi connectivity index (χ3n) is 5.45. The van der Waals surface area contributed by atoms with Crippen LogP contribution in [0.25, 0.3) is 0 Å². The van der Waals surface area contributed by atoms with Crippen LogP contribution in [0, 0.1) is 5.82 Å². The summed E-state index contributed by atoms with van der Waals surface area (Å²) in [7, 11) is 0. The lowest BCUT2D eigenvalue weighted by molar-refractivity contribution is -0.119. The van der Waals surface area contributed by atoms with Gasteiger partial charge in [-0.05, 0) is 48.7 Å². The number of carbonyl (C=O) groups excluding carboxylic acids is 1. The van der Waals surface area contributed by atoms with Gasteiger partial charge in [0.25, 0.3) is 5.91 Å². The third-order valence-corrected chi connectivity index (χ3v) is 5.99. The lowest BCUT2D eigenvalue weighted by Gasteiger charge is -2.25. The summed E-state index contributed by atoms with van der Waals surface area (Å²) >= 11 is 12.5. The maximum Gasteiger partial charge on any atom is 0.281 e. The summed E-state index contributed by atoms with van der Waals surface area (Å²) in [5.74, 6) is -0.524. The number of hydrogen-bond donors (Lipinski definition) is 1. The molecule has 1 amide bonds. The van der Waals surface area contributed by atoms with Gasteiger partial charge in [-0.2, -0.15) is 5.10 Å². The highest BCUT2D eigenvalue weighted by Crippen LogP contribution is 2.39. The molecule has 1 fully saturated rings. The van der Waals surface area contributed by atoms with E-state index in [1.54, 1.807) is 35.3 Å². The Kier molecular flexibility index (Phi) is 6.56. The lowest BCUT2D eigenvalue weighted by Crippen LogP contribution is -2.45. The molecule has 0 aromatic heterocycles. The van der Waals surface area contributed by atoms with E-state index in [1.165, 1.54) is 25.0 Å². The summed E-state index contributed by atoms with van der Waals surface area (Å²) in [5.41, 5.74) is 4.91. The Morgan fingerprint density at radius 3 is 2.40 bits per heavy atom. The normalized spacial score (nSPS) is 20.0. The van der Waals surface area contributed by atoms with Crippen molar-refractivity contribution < 1.29 is 9.18 Å². The van der Waals surface area contributed by atoms with Crippen LogP contribution in [0.15, 0.2) is 47.6 Å². The lowest BCUT2D eigenvalue weighted by atomic mass is 10.0. The monoisotopic (exact) mass is 448 g/mol. The highest BCUT2D eigenvalue weighted by molar-refractivity contribution is 6.40. The van der Waals surface area contributed by atoms with E-state index in [0.717, 1.165) is 31.5 Å². The largest absolute Gasteiger partial charge is 0.284 e. The first kappa shape index (κ1) is 21.1. The Bertz CT molecular complexity index is 943. The minimum absolute atomic E-state index is 0.211. The van der Waals surface area contributed by atoms with Crippen LogP contribution in [-0.2, 0) is 4.79 Å². The van der Waals surface area contributed by atoms with Gasteiger partial charge < -0.3 is 0 Å². The number of hydrogen-bond acceptors (Lipinski definition) is 4. The minimum Gasteiger partial charge on any atom is -0.284 e. The molecule has 2 aromatic rings. The van der Waals surface area contributed by atoms with Gasteiger partial charge in [-0.25, -0.2) is 9.40 Å². The van der Waals surface area contributed by atoms with Crippen molar-refractivity contribution in [1.29, 1.82) is 0 Å². The van der Waals surface area contributed by atoms with Crippen molar-refractivity contribution in [2.24, 2.45) is 5.10 Å². The first-order valence-electron chi connectivity index (χ1n) is 10.1. The van der Waals surface area contributed by atoms with E-state index >= 15 is 0 Å². The van der Waals surface area contributed by atoms with Crippen molar-refractivity contribution in [2.75, 3.05) is 18.1 Å². The van der Waals surface area contributed by atoms with Gasteiger partial charge in [0.05, 0.1) is 16.8 Å². The molecule has 158 valence electrons. The highest BCUT2D eigenvalue weighted by Gasteiger charge is 2.34. The van der Waals surface area contributed by atoms with Crippen molar-refractivity contribution in [3.05, 3.63) is 63.9 Å². The van der Waals surface area contributed by atoms with Gasteiger partial charge in [0.1, 0.15) is 11.5 Å². The van der Waals surface area contributed by atoms with Crippen LogP contribution in [0.3, 0.4) is 0 Å². The number of hydrazone groups is 1. The van der Waals surface area contributed by atoms with E-state index in [2.05, 4.69) is 10.5 Å². The number of benzene rings is 2. The fourth-order valence-electron chi connectivity index (χ4n) is 3.87. The molecule has 5 nitrogen and oxygen atoms in total. The molecule has 0 saturated carbocycles. The van der Waals surface area contributed by atoms with Gasteiger partial charge in [0, 0.05) is 24.5 Å². The molecule has 0 bridgehead atoms. The Morgan fingerprint density at radius 2 is 1.73 bits per heavy atom. The van der Waals surface area contributed by atoms with Crippen LogP contribution in [0.5, 0.6) is 0 Å². The fourth-order valence-corrected chi connectivity index (χ4v) is 4.37. The SMILES string of the molecule is O=C(NN1CCCCCC1)C1=NN(c2ccc(Cl)cc2Cl)C(c2ccc(F)cc2)C1. The number of hydrazine groups is 1. The van der Waals surface area contributed by atoms with Crippen molar-refractivity contribution in [3.63, 3.8) is 0 Å². The molecule has 0 spiro atoms. The molecule has 2 heterocycles.